The van der Waals surface area contributed by atoms with Gasteiger partial charge in [-0.3, -0.25) is 14.9 Å². The van der Waals surface area contributed by atoms with Crippen molar-refractivity contribution in [3.8, 4) is 0 Å². The van der Waals surface area contributed by atoms with E-state index in [2.05, 4.69) is 20.0 Å². The number of hydrogen-bond acceptors (Lipinski definition) is 8. The minimum Gasteiger partial charge on any atom is -0.450 e. The number of thioether (sulfide) groups is 1. The number of carbonyl (C=O) groups excluding carboxylic acids is 3. The van der Waals surface area contributed by atoms with Crippen molar-refractivity contribution in [3.05, 3.63) is 17.8 Å². The number of aromatic nitrogens is 2. The Bertz CT molecular complexity index is 765. The number of hydrogen-bond donors (Lipinski definition) is 1. The second-order valence-corrected chi connectivity index (χ2v) is 6.64. The molecule has 0 aromatic carbocycles. The van der Waals surface area contributed by atoms with Crippen LogP contribution in [0.4, 0.5) is 4.79 Å². The predicted octanol–water partition coefficient (Wildman–Crippen LogP) is 1.90. The number of carbonyl (C=O) groups is 3. The molecule has 3 amide bonds. The van der Waals surface area contributed by atoms with Crippen molar-refractivity contribution in [1.82, 2.24) is 20.2 Å². The number of likely N-dealkylation sites (N-methyl/N-ethyl adjacent to an activating group) is 1. The fraction of sp³-hybridized carbons (Fsp3) is 0.400. The third kappa shape index (κ3) is 5.40. The van der Waals surface area contributed by atoms with Crippen LogP contribution in [0, 0.1) is 0 Å². The van der Waals surface area contributed by atoms with Crippen molar-refractivity contribution >= 4 is 51.2 Å². The smallest absolute Gasteiger partial charge is 0.413 e. The minimum atomic E-state index is -0.814. The molecule has 0 atom stereocenters. The number of thiophene rings is 1. The number of ether oxygens (including phenoxy) is 1. The maximum absolute atomic E-state index is 12.3. The molecule has 8 nitrogen and oxygen atoms in total. The van der Waals surface area contributed by atoms with Gasteiger partial charge in [-0.15, -0.1) is 11.3 Å². The number of fused-ring (bicyclic) bond motifs is 1. The molecule has 0 spiro atoms. The van der Waals surface area contributed by atoms with Gasteiger partial charge in [0.05, 0.1) is 12.4 Å². The molecule has 2 aromatic heterocycles. The Balaban J connectivity index is 1.90. The van der Waals surface area contributed by atoms with Crippen LogP contribution in [0.1, 0.15) is 13.8 Å². The standard InChI is InChI=1S/C15H18N4O4S2/c1-3-19(7-11(20)18-15(22)23-4-2)12(21)8-25-14-10-5-6-24-13(10)16-9-17-14/h5-6,9H,3-4,7-8H2,1-2H3,(H,18,20,22). The van der Waals surface area contributed by atoms with Crippen molar-refractivity contribution in [3.63, 3.8) is 0 Å². The maximum Gasteiger partial charge on any atom is 0.413 e. The Morgan fingerprint density at radius 2 is 2.12 bits per heavy atom. The largest absolute Gasteiger partial charge is 0.450 e. The van der Waals surface area contributed by atoms with Crippen molar-refractivity contribution in [2.75, 3.05) is 25.4 Å². The van der Waals surface area contributed by atoms with Crippen LogP contribution in [0.2, 0.25) is 0 Å². The third-order valence-corrected chi connectivity index (χ3v) is 4.95. The average molecular weight is 382 g/mol. The first kappa shape index (κ1) is 19.1. The van der Waals surface area contributed by atoms with Crippen LogP contribution < -0.4 is 5.32 Å². The fourth-order valence-corrected chi connectivity index (χ4v) is 3.66. The van der Waals surface area contributed by atoms with Crippen LogP contribution in [0.3, 0.4) is 0 Å². The van der Waals surface area contributed by atoms with E-state index in [4.69, 9.17) is 0 Å². The highest BCUT2D eigenvalue weighted by Crippen LogP contribution is 2.27. The molecule has 2 rings (SSSR count). The highest BCUT2D eigenvalue weighted by molar-refractivity contribution is 8.00. The molecule has 0 saturated heterocycles. The molecule has 1 N–H and O–H groups in total. The molecule has 0 radical (unpaired) electrons. The summed E-state index contributed by atoms with van der Waals surface area (Å²) in [6.45, 7) is 3.73. The van der Waals surface area contributed by atoms with E-state index in [1.807, 2.05) is 11.4 Å². The highest BCUT2D eigenvalue weighted by atomic mass is 32.2. The summed E-state index contributed by atoms with van der Waals surface area (Å²) < 4.78 is 4.64. The zero-order chi connectivity index (χ0) is 18.2. The Morgan fingerprint density at radius 1 is 1.32 bits per heavy atom. The molecule has 0 aliphatic rings. The first-order valence-corrected chi connectivity index (χ1v) is 9.47. The van der Waals surface area contributed by atoms with E-state index in [9.17, 15) is 14.4 Å². The van der Waals surface area contributed by atoms with Crippen LogP contribution in [0.25, 0.3) is 10.2 Å². The molecule has 134 valence electrons. The molecule has 0 aliphatic heterocycles. The lowest BCUT2D eigenvalue weighted by Gasteiger charge is -2.19. The second kappa shape index (κ2) is 9.33. The summed E-state index contributed by atoms with van der Waals surface area (Å²) in [4.78, 5) is 46.0. The molecule has 0 bridgehead atoms. The van der Waals surface area contributed by atoms with Gasteiger partial charge in [0.1, 0.15) is 22.7 Å². The van der Waals surface area contributed by atoms with Gasteiger partial charge in [0, 0.05) is 11.9 Å². The number of rotatable bonds is 7. The summed E-state index contributed by atoms with van der Waals surface area (Å²) in [6, 6.07) is 1.91. The highest BCUT2D eigenvalue weighted by Gasteiger charge is 2.18. The molecule has 0 fully saturated rings. The van der Waals surface area contributed by atoms with Gasteiger partial charge < -0.3 is 9.64 Å². The Kier molecular flexibility index (Phi) is 7.14. The minimum absolute atomic E-state index is 0.141. The van der Waals surface area contributed by atoms with Crippen LogP contribution >= 0.6 is 23.1 Å². The van der Waals surface area contributed by atoms with Gasteiger partial charge in [-0.2, -0.15) is 0 Å². The summed E-state index contributed by atoms with van der Waals surface area (Å²) >= 11 is 2.80. The SMILES string of the molecule is CCOC(=O)NC(=O)CN(CC)C(=O)CSc1ncnc2sccc12. The van der Waals surface area contributed by atoms with Gasteiger partial charge in [0.25, 0.3) is 0 Å². The molecule has 2 aromatic rings. The van der Waals surface area contributed by atoms with Crippen molar-refractivity contribution in [1.29, 1.82) is 0 Å². The molecule has 0 unspecified atom stereocenters. The second-order valence-electron chi connectivity index (χ2n) is 4.78. The van der Waals surface area contributed by atoms with Gasteiger partial charge >= 0.3 is 6.09 Å². The van der Waals surface area contributed by atoms with E-state index in [-0.39, 0.29) is 24.8 Å². The number of nitrogens with zero attached hydrogens (tertiary/aromatic N) is 3. The summed E-state index contributed by atoms with van der Waals surface area (Å²) in [6.07, 6.45) is 0.655. The normalized spacial score (nSPS) is 10.5. The van der Waals surface area contributed by atoms with Gasteiger partial charge in [0.15, 0.2) is 0 Å². The summed E-state index contributed by atoms with van der Waals surface area (Å²) in [5, 5.41) is 5.63. The summed E-state index contributed by atoms with van der Waals surface area (Å²) in [7, 11) is 0. The van der Waals surface area contributed by atoms with Gasteiger partial charge in [-0.25, -0.2) is 14.8 Å². The van der Waals surface area contributed by atoms with Gasteiger partial charge in [0.2, 0.25) is 11.8 Å². The third-order valence-electron chi connectivity index (χ3n) is 3.14. The van der Waals surface area contributed by atoms with E-state index in [1.54, 1.807) is 13.8 Å². The summed E-state index contributed by atoms with van der Waals surface area (Å²) in [5.41, 5.74) is 0. The molecule has 0 aliphatic carbocycles. The number of imide groups is 1. The Hall–Kier alpha value is -2.20. The lowest BCUT2D eigenvalue weighted by molar-refractivity contribution is -0.133. The predicted molar refractivity (Wildman–Crippen MR) is 95.6 cm³/mol. The molecule has 0 saturated carbocycles. The number of amides is 3. The molecular weight excluding hydrogens is 364 g/mol. The van der Waals surface area contributed by atoms with Crippen LogP contribution in [-0.2, 0) is 14.3 Å². The average Bonchev–Trinajstić information content (AvgIpc) is 3.06. The fourth-order valence-electron chi connectivity index (χ4n) is 1.97. The number of nitrogens with one attached hydrogen (secondary N) is 1. The van der Waals surface area contributed by atoms with Crippen molar-refractivity contribution in [2.24, 2.45) is 0 Å². The van der Waals surface area contributed by atoms with E-state index in [1.165, 1.54) is 34.3 Å². The van der Waals surface area contributed by atoms with Gasteiger partial charge in [-0.05, 0) is 25.3 Å². The molecular formula is C15H18N4O4S2. The van der Waals surface area contributed by atoms with Crippen LogP contribution in [0.5, 0.6) is 0 Å². The van der Waals surface area contributed by atoms with Gasteiger partial charge in [-0.1, -0.05) is 11.8 Å². The van der Waals surface area contributed by atoms with E-state index >= 15 is 0 Å². The van der Waals surface area contributed by atoms with E-state index in [0.29, 0.717) is 6.54 Å². The summed E-state index contributed by atoms with van der Waals surface area (Å²) in [5.74, 6) is -0.655. The monoisotopic (exact) mass is 382 g/mol. The van der Waals surface area contributed by atoms with Crippen molar-refractivity contribution < 1.29 is 19.1 Å². The topological polar surface area (TPSA) is 101 Å². The molecule has 25 heavy (non-hydrogen) atoms. The Labute approximate surface area is 153 Å². The first-order chi connectivity index (χ1) is 12.0. The lowest BCUT2D eigenvalue weighted by Crippen LogP contribution is -2.43. The molecule has 2 heterocycles. The van der Waals surface area contributed by atoms with E-state index < -0.39 is 12.0 Å². The molecule has 10 heteroatoms. The first-order valence-electron chi connectivity index (χ1n) is 7.60. The van der Waals surface area contributed by atoms with Crippen LogP contribution in [0.15, 0.2) is 22.8 Å². The quantitative estimate of drug-likeness (QED) is 0.576. The zero-order valence-corrected chi connectivity index (χ0v) is 15.5. The van der Waals surface area contributed by atoms with Crippen LogP contribution in [-0.4, -0.2) is 58.2 Å². The maximum atomic E-state index is 12.3. The van der Waals surface area contributed by atoms with E-state index in [0.717, 1.165) is 15.2 Å². The zero-order valence-electron chi connectivity index (χ0n) is 13.9. The lowest BCUT2D eigenvalue weighted by atomic mass is 10.4. The Morgan fingerprint density at radius 3 is 2.84 bits per heavy atom. The van der Waals surface area contributed by atoms with Crippen molar-refractivity contribution in [2.45, 2.75) is 18.9 Å². The number of alkyl carbamates (subject to hydrolysis) is 1.